The Balaban J connectivity index is 2.20. The topological polar surface area (TPSA) is 40.5 Å². The summed E-state index contributed by atoms with van der Waals surface area (Å²) in [6.45, 7) is 4.84. The minimum Gasteiger partial charge on any atom is -0.394 e. The molecule has 0 bridgehead atoms. The molecule has 104 valence electrons. The maximum Gasteiger partial charge on any atom is 0.134 e. The minimum absolute atomic E-state index is 0.00153. The summed E-state index contributed by atoms with van der Waals surface area (Å²) in [5, 5.41) is 9.75. The molecule has 0 aliphatic carbocycles. The van der Waals surface area contributed by atoms with Gasteiger partial charge in [-0.05, 0) is 38.8 Å². The van der Waals surface area contributed by atoms with Gasteiger partial charge in [0.05, 0.1) is 12.6 Å². The molecule has 0 spiro atoms. The molecule has 0 saturated carbocycles. The summed E-state index contributed by atoms with van der Waals surface area (Å²) in [6.07, 6.45) is 2.00. The van der Waals surface area contributed by atoms with E-state index in [9.17, 15) is 9.90 Å². The molecular weight excluding hydrogens is 238 g/mol. The summed E-state index contributed by atoms with van der Waals surface area (Å²) in [7, 11) is 0. The number of aliphatic hydroxyl groups is 1. The second kappa shape index (κ2) is 6.31. The molecule has 3 nitrogen and oxygen atoms in total. The van der Waals surface area contributed by atoms with Gasteiger partial charge < -0.3 is 5.11 Å². The zero-order valence-electron chi connectivity index (χ0n) is 11.7. The Morgan fingerprint density at radius 2 is 2.11 bits per heavy atom. The Kier molecular flexibility index (Phi) is 4.72. The minimum atomic E-state index is -0.00153. The van der Waals surface area contributed by atoms with Gasteiger partial charge in [-0.3, -0.25) is 9.69 Å². The lowest BCUT2D eigenvalue weighted by atomic mass is 9.85. The Labute approximate surface area is 115 Å². The number of nitrogens with zero attached hydrogens (tertiary/aromatic N) is 1. The van der Waals surface area contributed by atoms with Crippen molar-refractivity contribution in [1.29, 1.82) is 0 Å². The molecule has 1 N–H and O–H groups in total. The predicted octanol–water partition coefficient (Wildman–Crippen LogP) is 2.41. The average molecular weight is 261 g/mol. The van der Waals surface area contributed by atoms with Crippen molar-refractivity contribution in [3.05, 3.63) is 35.9 Å². The SMILES string of the molecule is CC(=O)[C@@H]1CCCN([C@H](CO)c2ccccc2)[C@@H]1C. The van der Waals surface area contributed by atoms with Crippen molar-refractivity contribution in [1.82, 2.24) is 4.90 Å². The molecule has 0 aromatic heterocycles. The zero-order valence-corrected chi connectivity index (χ0v) is 11.7. The molecule has 1 aliphatic rings. The normalized spacial score (nSPS) is 26.1. The first-order valence-electron chi connectivity index (χ1n) is 7.07. The largest absolute Gasteiger partial charge is 0.394 e. The number of carbonyl (C=O) groups excluding carboxylic acids is 1. The average Bonchev–Trinajstić information content (AvgIpc) is 2.42. The highest BCUT2D eigenvalue weighted by molar-refractivity contribution is 5.79. The lowest BCUT2D eigenvalue weighted by Crippen LogP contribution is -2.48. The van der Waals surface area contributed by atoms with Crippen LogP contribution in [0.5, 0.6) is 0 Å². The van der Waals surface area contributed by atoms with E-state index in [1.54, 1.807) is 6.92 Å². The monoisotopic (exact) mass is 261 g/mol. The van der Waals surface area contributed by atoms with Crippen LogP contribution in [0, 0.1) is 5.92 Å². The lowest BCUT2D eigenvalue weighted by Gasteiger charge is -2.42. The van der Waals surface area contributed by atoms with Crippen LogP contribution in [0.3, 0.4) is 0 Å². The van der Waals surface area contributed by atoms with Gasteiger partial charge >= 0.3 is 0 Å². The molecule has 1 aliphatic heterocycles. The molecule has 3 atom stereocenters. The van der Waals surface area contributed by atoms with Crippen LogP contribution in [0.4, 0.5) is 0 Å². The van der Waals surface area contributed by atoms with Crippen LogP contribution in [0.1, 0.15) is 38.3 Å². The molecule has 1 heterocycles. The van der Waals surface area contributed by atoms with E-state index in [2.05, 4.69) is 11.8 Å². The number of likely N-dealkylation sites (tertiary alicyclic amines) is 1. The maximum absolute atomic E-state index is 11.7. The van der Waals surface area contributed by atoms with E-state index in [4.69, 9.17) is 0 Å². The van der Waals surface area contributed by atoms with Crippen molar-refractivity contribution >= 4 is 5.78 Å². The number of piperidine rings is 1. The number of benzene rings is 1. The maximum atomic E-state index is 11.7. The van der Waals surface area contributed by atoms with E-state index >= 15 is 0 Å². The smallest absolute Gasteiger partial charge is 0.134 e. The van der Waals surface area contributed by atoms with Crippen molar-refractivity contribution in [3.63, 3.8) is 0 Å². The van der Waals surface area contributed by atoms with E-state index in [1.165, 1.54) is 0 Å². The van der Waals surface area contributed by atoms with Crippen LogP contribution in [-0.4, -0.2) is 35.0 Å². The first-order valence-corrected chi connectivity index (χ1v) is 7.07. The van der Waals surface area contributed by atoms with E-state index in [-0.39, 0.29) is 30.4 Å². The summed E-state index contributed by atoms with van der Waals surface area (Å²) >= 11 is 0. The fraction of sp³-hybridized carbons (Fsp3) is 0.562. The van der Waals surface area contributed by atoms with Crippen molar-refractivity contribution in [2.75, 3.05) is 13.2 Å². The molecular formula is C16H23NO2. The van der Waals surface area contributed by atoms with E-state index in [1.807, 2.05) is 30.3 Å². The third-order valence-corrected chi connectivity index (χ3v) is 4.32. The zero-order chi connectivity index (χ0) is 13.8. The number of aliphatic hydroxyl groups excluding tert-OH is 1. The van der Waals surface area contributed by atoms with E-state index in [0.717, 1.165) is 24.9 Å². The highest BCUT2D eigenvalue weighted by atomic mass is 16.3. The third kappa shape index (κ3) is 3.04. The number of ketones is 1. The van der Waals surface area contributed by atoms with Gasteiger partial charge in [0.25, 0.3) is 0 Å². The summed E-state index contributed by atoms with van der Waals surface area (Å²) in [6, 6.07) is 10.3. The van der Waals surface area contributed by atoms with Gasteiger partial charge in [-0.2, -0.15) is 0 Å². The molecule has 3 heteroatoms. The van der Waals surface area contributed by atoms with Gasteiger partial charge in [-0.15, -0.1) is 0 Å². The fourth-order valence-corrected chi connectivity index (χ4v) is 3.23. The highest BCUT2D eigenvalue weighted by Gasteiger charge is 2.34. The Hall–Kier alpha value is -1.19. The summed E-state index contributed by atoms with van der Waals surface area (Å²) in [5.41, 5.74) is 1.13. The van der Waals surface area contributed by atoms with Crippen molar-refractivity contribution in [3.8, 4) is 0 Å². The van der Waals surface area contributed by atoms with Gasteiger partial charge in [-0.1, -0.05) is 30.3 Å². The van der Waals surface area contributed by atoms with E-state index < -0.39 is 0 Å². The first kappa shape index (κ1) is 14.2. The van der Waals surface area contributed by atoms with Gasteiger partial charge in [0, 0.05) is 12.0 Å². The molecule has 1 saturated heterocycles. The molecule has 1 aromatic carbocycles. The van der Waals surface area contributed by atoms with Crippen LogP contribution < -0.4 is 0 Å². The number of hydrogen-bond donors (Lipinski definition) is 1. The van der Waals surface area contributed by atoms with Gasteiger partial charge in [-0.25, -0.2) is 0 Å². The van der Waals surface area contributed by atoms with Crippen LogP contribution in [-0.2, 0) is 4.79 Å². The lowest BCUT2D eigenvalue weighted by molar-refractivity contribution is -0.125. The van der Waals surface area contributed by atoms with Crippen molar-refractivity contribution < 1.29 is 9.90 Å². The highest BCUT2D eigenvalue weighted by Crippen LogP contribution is 2.31. The van der Waals surface area contributed by atoms with Crippen molar-refractivity contribution in [2.24, 2.45) is 5.92 Å². The standard InChI is InChI=1S/C16H23NO2/c1-12-15(13(2)19)9-6-10-17(12)16(11-18)14-7-4-3-5-8-14/h3-5,7-8,12,15-16,18H,6,9-11H2,1-2H3/t12-,15-,16-/m1/s1. The Morgan fingerprint density at radius 3 is 2.68 bits per heavy atom. The molecule has 0 radical (unpaired) electrons. The van der Waals surface area contributed by atoms with Crippen molar-refractivity contribution in [2.45, 2.75) is 38.8 Å². The van der Waals surface area contributed by atoms with Gasteiger partial charge in [0.2, 0.25) is 0 Å². The second-order valence-corrected chi connectivity index (χ2v) is 5.45. The first-order chi connectivity index (χ1) is 9.15. The fourth-order valence-electron chi connectivity index (χ4n) is 3.23. The van der Waals surface area contributed by atoms with E-state index in [0.29, 0.717) is 0 Å². The second-order valence-electron chi connectivity index (χ2n) is 5.45. The predicted molar refractivity (Wildman–Crippen MR) is 75.8 cm³/mol. The number of carbonyl (C=O) groups is 1. The molecule has 0 unspecified atom stereocenters. The number of rotatable bonds is 4. The molecule has 0 amide bonds. The molecule has 1 fully saturated rings. The quantitative estimate of drug-likeness (QED) is 0.905. The molecule has 19 heavy (non-hydrogen) atoms. The van der Waals surface area contributed by atoms with Crippen LogP contribution in [0.15, 0.2) is 30.3 Å². The number of Topliss-reactive ketones (excluding diaryl/α,β-unsaturated/α-hetero) is 1. The molecule has 2 rings (SSSR count). The van der Waals surface area contributed by atoms with Crippen LogP contribution >= 0.6 is 0 Å². The summed E-state index contributed by atoms with van der Waals surface area (Å²) in [4.78, 5) is 14.0. The molecule has 1 aromatic rings. The van der Waals surface area contributed by atoms with Gasteiger partial charge in [0.15, 0.2) is 0 Å². The number of hydrogen-bond acceptors (Lipinski definition) is 3. The van der Waals surface area contributed by atoms with Gasteiger partial charge in [0.1, 0.15) is 5.78 Å². The Morgan fingerprint density at radius 1 is 1.42 bits per heavy atom. The summed E-state index contributed by atoms with van der Waals surface area (Å²) in [5.74, 6) is 0.369. The third-order valence-electron chi connectivity index (χ3n) is 4.32. The van der Waals surface area contributed by atoms with Crippen LogP contribution in [0.25, 0.3) is 0 Å². The Bertz CT molecular complexity index is 418. The van der Waals surface area contributed by atoms with Crippen LogP contribution in [0.2, 0.25) is 0 Å². The summed E-state index contributed by atoms with van der Waals surface area (Å²) < 4.78 is 0.